The van der Waals surface area contributed by atoms with E-state index in [1.807, 2.05) is 36.1 Å². The van der Waals surface area contributed by atoms with Crippen molar-refractivity contribution in [3.63, 3.8) is 0 Å². The lowest BCUT2D eigenvalue weighted by Crippen LogP contribution is -2.52. The van der Waals surface area contributed by atoms with E-state index in [4.69, 9.17) is 5.73 Å². The van der Waals surface area contributed by atoms with Gasteiger partial charge in [0.1, 0.15) is 0 Å². The lowest BCUT2D eigenvalue weighted by Gasteiger charge is -2.34. The molecule has 5 nitrogen and oxygen atoms in total. The summed E-state index contributed by atoms with van der Waals surface area (Å²) in [5, 5.41) is 0. The molecule has 0 bridgehead atoms. The van der Waals surface area contributed by atoms with Crippen molar-refractivity contribution in [3.05, 3.63) is 35.4 Å². The van der Waals surface area contributed by atoms with Gasteiger partial charge < -0.3 is 15.5 Å². The minimum atomic E-state index is -0.0454. The van der Waals surface area contributed by atoms with E-state index in [1.54, 1.807) is 4.90 Å². The smallest absolute Gasteiger partial charge is 0.236 e. The van der Waals surface area contributed by atoms with E-state index in [0.717, 1.165) is 11.1 Å². The molecule has 21 heavy (non-hydrogen) atoms. The summed E-state index contributed by atoms with van der Waals surface area (Å²) in [4.78, 5) is 27.3. The molecule has 1 saturated heterocycles. The van der Waals surface area contributed by atoms with Crippen molar-refractivity contribution in [1.82, 2.24) is 9.80 Å². The van der Waals surface area contributed by atoms with Crippen LogP contribution in [0.25, 0.3) is 0 Å². The average molecular weight is 312 g/mol. The van der Waals surface area contributed by atoms with E-state index in [2.05, 4.69) is 0 Å². The Bertz CT molecular complexity index is 499. The molecule has 1 fully saturated rings. The summed E-state index contributed by atoms with van der Waals surface area (Å²) in [5.41, 5.74) is 7.55. The predicted octanol–water partition coefficient (Wildman–Crippen LogP) is 0.589. The van der Waals surface area contributed by atoms with Crippen molar-refractivity contribution >= 4 is 24.2 Å². The summed E-state index contributed by atoms with van der Waals surface area (Å²) in [7, 11) is 0. The monoisotopic (exact) mass is 311 g/mol. The molecule has 116 valence electrons. The lowest BCUT2D eigenvalue weighted by molar-refractivity contribution is -0.138. The molecule has 2 N–H and O–H groups in total. The zero-order valence-electron chi connectivity index (χ0n) is 12.2. The van der Waals surface area contributed by atoms with Crippen LogP contribution in [-0.2, 0) is 16.0 Å². The summed E-state index contributed by atoms with van der Waals surface area (Å²) < 4.78 is 0. The Kier molecular flexibility index (Phi) is 6.65. The van der Waals surface area contributed by atoms with Crippen LogP contribution in [-0.4, -0.2) is 54.3 Å². The average Bonchev–Trinajstić information content (AvgIpc) is 2.49. The van der Waals surface area contributed by atoms with Crippen LogP contribution in [0.1, 0.15) is 11.1 Å². The Morgan fingerprint density at radius 1 is 1.05 bits per heavy atom. The van der Waals surface area contributed by atoms with Gasteiger partial charge in [0, 0.05) is 26.2 Å². The third kappa shape index (κ3) is 4.44. The summed E-state index contributed by atoms with van der Waals surface area (Å²) >= 11 is 0. The quantitative estimate of drug-likeness (QED) is 0.888. The molecule has 0 aliphatic carbocycles. The SMILES string of the molecule is Cc1ccccc1CC(=O)N1CCN(C(=O)CN)CC1.Cl. The summed E-state index contributed by atoms with van der Waals surface area (Å²) in [6, 6.07) is 7.93. The van der Waals surface area contributed by atoms with Crippen molar-refractivity contribution in [2.45, 2.75) is 13.3 Å². The van der Waals surface area contributed by atoms with Crippen LogP contribution in [0.2, 0.25) is 0 Å². The first-order valence-electron chi connectivity index (χ1n) is 6.92. The van der Waals surface area contributed by atoms with Crippen LogP contribution in [0.4, 0.5) is 0 Å². The van der Waals surface area contributed by atoms with Crippen molar-refractivity contribution in [1.29, 1.82) is 0 Å². The van der Waals surface area contributed by atoms with Crippen molar-refractivity contribution in [2.24, 2.45) is 5.73 Å². The Labute approximate surface area is 131 Å². The standard InChI is InChI=1S/C15H21N3O2.ClH/c1-12-4-2-3-5-13(12)10-14(19)17-6-8-18(9-7-17)15(20)11-16;/h2-5H,6-11,16H2,1H3;1H. The molecule has 0 radical (unpaired) electrons. The number of amides is 2. The molecule has 2 rings (SSSR count). The summed E-state index contributed by atoms with van der Waals surface area (Å²) in [6.45, 7) is 4.40. The molecule has 0 unspecified atom stereocenters. The lowest BCUT2D eigenvalue weighted by atomic mass is 10.1. The highest BCUT2D eigenvalue weighted by Gasteiger charge is 2.23. The zero-order chi connectivity index (χ0) is 14.5. The second-order valence-electron chi connectivity index (χ2n) is 5.07. The Morgan fingerprint density at radius 3 is 2.10 bits per heavy atom. The number of carbonyl (C=O) groups excluding carboxylic acids is 2. The number of nitrogens with two attached hydrogens (primary N) is 1. The van der Waals surface area contributed by atoms with E-state index in [9.17, 15) is 9.59 Å². The Morgan fingerprint density at radius 2 is 1.57 bits per heavy atom. The maximum absolute atomic E-state index is 12.3. The fourth-order valence-electron chi connectivity index (χ4n) is 2.42. The largest absolute Gasteiger partial charge is 0.339 e. The minimum absolute atomic E-state index is 0. The Hall–Kier alpha value is -1.59. The van der Waals surface area contributed by atoms with Gasteiger partial charge in [-0.1, -0.05) is 24.3 Å². The molecule has 0 saturated carbocycles. The highest BCUT2D eigenvalue weighted by atomic mass is 35.5. The number of nitrogens with zero attached hydrogens (tertiary/aromatic N) is 2. The van der Waals surface area contributed by atoms with Crippen molar-refractivity contribution in [2.75, 3.05) is 32.7 Å². The van der Waals surface area contributed by atoms with Gasteiger partial charge in [-0.25, -0.2) is 0 Å². The van der Waals surface area contributed by atoms with Crippen LogP contribution in [0.5, 0.6) is 0 Å². The third-order valence-corrected chi connectivity index (χ3v) is 3.76. The zero-order valence-corrected chi connectivity index (χ0v) is 13.1. The molecule has 1 aliphatic heterocycles. The minimum Gasteiger partial charge on any atom is -0.339 e. The van der Waals surface area contributed by atoms with Crippen LogP contribution in [0.3, 0.4) is 0 Å². The van der Waals surface area contributed by atoms with Gasteiger partial charge >= 0.3 is 0 Å². The molecule has 1 heterocycles. The highest BCUT2D eigenvalue weighted by Crippen LogP contribution is 2.11. The van der Waals surface area contributed by atoms with E-state index >= 15 is 0 Å². The number of carbonyl (C=O) groups is 2. The molecular formula is C15H22ClN3O2. The molecule has 6 heteroatoms. The van der Waals surface area contributed by atoms with E-state index in [1.165, 1.54) is 0 Å². The highest BCUT2D eigenvalue weighted by molar-refractivity contribution is 5.85. The molecule has 0 spiro atoms. The fraction of sp³-hybridized carbons (Fsp3) is 0.467. The van der Waals surface area contributed by atoms with Gasteiger partial charge in [-0.15, -0.1) is 12.4 Å². The van der Waals surface area contributed by atoms with Gasteiger partial charge in [-0.2, -0.15) is 0 Å². The number of aryl methyl sites for hydroxylation is 1. The normalized spacial score (nSPS) is 14.6. The number of halogens is 1. The van der Waals surface area contributed by atoms with Gasteiger partial charge in [-0.05, 0) is 18.1 Å². The third-order valence-electron chi connectivity index (χ3n) is 3.76. The number of piperazine rings is 1. The Balaban J connectivity index is 0.00000220. The van der Waals surface area contributed by atoms with E-state index in [0.29, 0.717) is 32.6 Å². The van der Waals surface area contributed by atoms with Gasteiger partial charge in [0.15, 0.2) is 0 Å². The second-order valence-corrected chi connectivity index (χ2v) is 5.07. The first kappa shape index (κ1) is 17.5. The van der Waals surface area contributed by atoms with Crippen LogP contribution >= 0.6 is 12.4 Å². The maximum Gasteiger partial charge on any atom is 0.236 e. The second kappa shape index (κ2) is 8.00. The fourth-order valence-corrected chi connectivity index (χ4v) is 2.42. The van der Waals surface area contributed by atoms with Crippen LogP contribution in [0.15, 0.2) is 24.3 Å². The van der Waals surface area contributed by atoms with Crippen LogP contribution in [0, 0.1) is 6.92 Å². The van der Waals surface area contributed by atoms with E-state index < -0.39 is 0 Å². The molecule has 1 aromatic carbocycles. The van der Waals surface area contributed by atoms with Gasteiger partial charge in [-0.3, -0.25) is 9.59 Å². The first-order chi connectivity index (χ1) is 9.61. The van der Waals surface area contributed by atoms with Gasteiger partial charge in [0.05, 0.1) is 13.0 Å². The molecular weight excluding hydrogens is 290 g/mol. The van der Waals surface area contributed by atoms with Crippen molar-refractivity contribution in [3.8, 4) is 0 Å². The van der Waals surface area contributed by atoms with Gasteiger partial charge in [0.25, 0.3) is 0 Å². The maximum atomic E-state index is 12.3. The van der Waals surface area contributed by atoms with Crippen molar-refractivity contribution < 1.29 is 9.59 Å². The predicted molar refractivity (Wildman–Crippen MR) is 84.3 cm³/mol. The number of hydrogen-bond acceptors (Lipinski definition) is 3. The van der Waals surface area contributed by atoms with E-state index in [-0.39, 0.29) is 30.8 Å². The first-order valence-corrected chi connectivity index (χ1v) is 6.92. The topological polar surface area (TPSA) is 66.6 Å². The van der Waals surface area contributed by atoms with Gasteiger partial charge in [0.2, 0.25) is 11.8 Å². The molecule has 0 atom stereocenters. The molecule has 1 aromatic rings. The number of hydrogen-bond donors (Lipinski definition) is 1. The molecule has 0 aromatic heterocycles. The molecule has 1 aliphatic rings. The number of benzene rings is 1. The number of rotatable bonds is 3. The molecule has 2 amide bonds. The van der Waals surface area contributed by atoms with Crippen LogP contribution < -0.4 is 5.73 Å². The summed E-state index contributed by atoms with van der Waals surface area (Å²) in [5.74, 6) is 0.0788. The summed E-state index contributed by atoms with van der Waals surface area (Å²) in [6.07, 6.45) is 0.428.